The summed E-state index contributed by atoms with van der Waals surface area (Å²) in [5, 5.41) is 12.6. The molecule has 4 rings (SSSR count). The Labute approximate surface area is 182 Å². The molecule has 0 saturated heterocycles. The number of aliphatic imine (C=N–C) groups is 1. The minimum atomic E-state index is -0.0794. The summed E-state index contributed by atoms with van der Waals surface area (Å²) in [4.78, 5) is 5.13. The third-order valence-corrected chi connectivity index (χ3v) is 5.49. The molecular weight excluding hydrogens is 398 g/mol. The second kappa shape index (κ2) is 8.98. The normalized spacial score (nSPS) is 15.2. The van der Waals surface area contributed by atoms with E-state index in [1.807, 2.05) is 44.3 Å². The van der Waals surface area contributed by atoms with Gasteiger partial charge in [-0.05, 0) is 63.7 Å². The number of benzene rings is 2. The fraction of sp³-hybridized carbons (Fsp3) is 0.348. The van der Waals surface area contributed by atoms with E-state index in [0.29, 0.717) is 11.6 Å². The van der Waals surface area contributed by atoms with E-state index in [4.69, 9.17) is 21.3 Å². The van der Waals surface area contributed by atoms with Crippen molar-refractivity contribution in [1.29, 1.82) is 0 Å². The number of ether oxygens (including phenoxy) is 1. The van der Waals surface area contributed by atoms with E-state index < -0.39 is 0 Å². The van der Waals surface area contributed by atoms with Gasteiger partial charge in [-0.1, -0.05) is 30.7 Å². The first-order valence-electron chi connectivity index (χ1n) is 10.3. The highest BCUT2D eigenvalue weighted by Crippen LogP contribution is 2.34. The van der Waals surface area contributed by atoms with Gasteiger partial charge in [0.25, 0.3) is 0 Å². The van der Waals surface area contributed by atoms with E-state index in [9.17, 15) is 0 Å². The average Bonchev–Trinajstić information content (AvgIpc) is 3.07. The van der Waals surface area contributed by atoms with E-state index in [1.54, 1.807) is 0 Å². The van der Waals surface area contributed by atoms with Gasteiger partial charge >= 0.3 is 0 Å². The van der Waals surface area contributed by atoms with Crippen LogP contribution in [0.15, 0.2) is 47.5 Å². The Balaban J connectivity index is 1.84. The maximum Gasteiger partial charge on any atom is 0.162 e. The van der Waals surface area contributed by atoms with Crippen molar-refractivity contribution in [2.75, 3.05) is 20.2 Å². The lowest BCUT2D eigenvalue weighted by molar-refractivity contribution is 0.310. The van der Waals surface area contributed by atoms with Gasteiger partial charge in [0, 0.05) is 16.1 Å². The number of aromatic nitrogens is 3. The molecule has 1 aromatic heterocycles. The van der Waals surface area contributed by atoms with E-state index in [-0.39, 0.29) is 6.04 Å². The van der Waals surface area contributed by atoms with Gasteiger partial charge in [-0.2, -0.15) is 0 Å². The van der Waals surface area contributed by atoms with Crippen LogP contribution >= 0.6 is 11.6 Å². The molecule has 0 bridgehead atoms. The summed E-state index contributed by atoms with van der Waals surface area (Å²) < 4.78 is 8.13. The number of halogens is 1. The van der Waals surface area contributed by atoms with Crippen LogP contribution in [-0.4, -0.2) is 40.7 Å². The van der Waals surface area contributed by atoms with Crippen LogP contribution in [0, 0.1) is 6.92 Å². The predicted octanol–water partition coefficient (Wildman–Crippen LogP) is 4.52. The molecule has 1 aliphatic rings. The Morgan fingerprint density at radius 3 is 2.67 bits per heavy atom. The fourth-order valence-electron chi connectivity index (χ4n) is 3.72. The van der Waals surface area contributed by atoms with Gasteiger partial charge < -0.3 is 10.1 Å². The monoisotopic (exact) mass is 423 g/mol. The highest BCUT2D eigenvalue weighted by molar-refractivity contribution is 6.30. The molecule has 0 radical (unpaired) electrons. The van der Waals surface area contributed by atoms with Gasteiger partial charge in [-0.15, -0.1) is 10.2 Å². The highest BCUT2D eigenvalue weighted by Gasteiger charge is 2.27. The first-order chi connectivity index (χ1) is 14.6. The van der Waals surface area contributed by atoms with E-state index in [2.05, 4.69) is 39.1 Å². The SMILES string of the molecule is CCC1N=C(c2ccc(Cl)cc2)c2cc(OCCCNC)ccc2-n2c(C)nnc21. The molecular formula is C23H26ClN5O. The molecule has 2 heterocycles. The number of hydrogen-bond donors (Lipinski definition) is 1. The van der Waals surface area contributed by atoms with Crippen LogP contribution in [0.3, 0.4) is 0 Å². The molecule has 0 amide bonds. The van der Waals surface area contributed by atoms with Gasteiger partial charge in [-0.25, -0.2) is 0 Å². The van der Waals surface area contributed by atoms with Crippen molar-refractivity contribution < 1.29 is 4.74 Å². The van der Waals surface area contributed by atoms with Crippen molar-refractivity contribution in [3.63, 3.8) is 0 Å². The van der Waals surface area contributed by atoms with Crippen molar-refractivity contribution in [1.82, 2.24) is 20.1 Å². The van der Waals surface area contributed by atoms with E-state index >= 15 is 0 Å². The largest absolute Gasteiger partial charge is 0.494 e. The number of nitrogens with one attached hydrogen (secondary N) is 1. The summed E-state index contributed by atoms with van der Waals surface area (Å²) in [5.41, 5.74) is 3.95. The molecule has 1 N–H and O–H groups in total. The maximum absolute atomic E-state index is 6.14. The number of nitrogens with zero attached hydrogens (tertiary/aromatic N) is 4. The number of fused-ring (bicyclic) bond motifs is 3. The molecule has 1 unspecified atom stereocenters. The second-order valence-electron chi connectivity index (χ2n) is 7.33. The van der Waals surface area contributed by atoms with Crippen LogP contribution < -0.4 is 10.1 Å². The molecule has 0 fully saturated rings. The Kier molecular flexibility index (Phi) is 6.16. The van der Waals surface area contributed by atoms with Gasteiger partial charge in [0.1, 0.15) is 17.6 Å². The zero-order valence-electron chi connectivity index (χ0n) is 17.5. The highest BCUT2D eigenvalue weighted by atomic mass is 35.5. The molecule has 0 saturated carbocycles. The maximum atomic E-state index is 6.14. The summed E-state index contributed by atoms with van der Waals surface area (Å²) >= 11 is 6.14. The van der Waals surface area contributed by atoms with Crippen LogP contribution in [0.2, 0.25) is 5.02 Å². The summed E-state index contributed by atoms with van der Waals surface area (Å²) in [6.07, 6.45) is 1.77. The number of rotatable bonds is 7. The molecule has 0 aliphatic carbocycles. The Hall–Kier alpha value is -2.70. The van der Waals surface area contributed by atoms with Crippen molar-refractivity contribution in [2.24, 2.45) is 4.99 Å². The smallest absolute Gasteiger partial charge is 0.162 e. The topological polar surface area (TPSA) is 64.3 Å². The van der Waals surface area contributed by atoms with E-state index in [0.717, 1.165) is 59.3 Å². The van der Waals surface area contributed by atoms with E-state index in [1.165, 1.54) is 0 Å². The molecule has 0 spiro atoms. The standard InChI is InChI=1S/C23H26ClN5O/c1-4-20-23-28-27-15(2)29(23)21-11-10-18(30-13-5-12-25-3)14-19(21)22(26-20)16-6-8-17(24)9-7-16/h6-11,14,20,25H,4-5,12-13H2,1-3H3. The van der Waals surface area contributed by atoms with Crippen LogP contribution in [0.1, 0.15) is 48.6 Å². The molecule has 1 atom stereocenters. The Bertz CT molecular complexity index is 1060. The number of aryl methyl sites for hydroxylation is 1. The van der Waals surface area contributed by atoms with Crippen molar-refractivity contribution >= 4 is 17.3 Å². The Morgan fingerprint density at radius 2 is 1.93 bits per heavy atom. The minimum absolute atomic E-state index is 0.0794. The van der Waals surface area contributed by atoms with Crippen LogP contribution in [-0.2, 0) is 0 Å². The molecule has 30 heavy (non-hydrogen) atoms. The number of hydrogen-bond acceptors (Lipinski definition) is 5. The average molecular weight is 424 g/mol. The lowest BCUT2D eigenvalue weighted by Gasteiger charge is -2.15. The molecule has 7 heteroatoms. The third-order valence-electron chi connectivity index (χ3n) is 5.24. The summed E-state index contributed by atoms with van der Waals surface area (Å²) in [6, 6.07) is 13.9. The first kappa shape index (κ1) is 20.6. The van der Waals surface area contributed by atoms with Crippen molar-refractivity contribution in [3.05, 3.63) is 70.3 Å². The van der Waals surface area contributed by atoms with Gasteiger partial charge in [0.05, 0.1) is 18.0 Å². The second-order valence-corrected chi connectivity index (χ2v) is 7.77. The molecule has 1 aliphatic heterocycles. The zero-order valence-corrected chi connectivity index (χ0v) is 18.3. The van der Waals surface area contributed by atoms with Gasteiger partial charge in [-0.3, -0.25) is 9.56 Å². The predicted molar refractivity (Wildman–Crippen MR) is 120 cm³/mol. The molecule has 3 aromatic rings. The zero-order chi connectivity index (χ0) is 21.1. The van der Waals surface area contributed by atoms with Crippen LogP contribution in [0.5, 0.6) is 5.75 Å². The van der Waals surface area contributed by atoms with Crippen LogP contribution in [0.4, 0.5) is 0 Å². The minimum Gasteiger partial charge on any atom is -0.494 e. The van der Waals surface area contributed by atoms with Crippen molar-refractivity contribution in [2.45, 2.75) is 32.7 Å². The van der Waals surface area contributed by atoms with Gasteiger partial charge in [0.15, 0.2) is 5.82 Å². The molecule has 2 aromatic carbocycles. The third kappa shape index (κ3) is 3.98. The Morgan fingerprint density at radius 1 is 1.13 bits per heavy atom. The summed E-state index contributed by atoms with van der Waals surface area (Å²) in [7, 11) is 1.94. The van der Waals surface area contributed by atoms with Crippen molar-refractivity contribution in [3.8, 4) is 11.4 Å². The fourth-order valence-corrected chi connectivity index (χ4v) is 3.84. The lowest BCUT2D eigenvalue weighted by atomic mass is 10.00. The summed E-state index contributed by atoms with van der Waals surface area (Å²) in [5.74, 6) is 2.54. The van der Waals surface area contributed by atoms with Crippen LogP contribution in [0.25, 0.3) is 5.69 Å². The molecule has 6 nitrogen and oxygen atoms in total. The first-order valence-corrected chi connectivity index (χ1v) is 10.7. The summed E-state index contributed by atoms with van der Waals surface area (Å²) in [6.45, 7) is 5.67. The molecule has 156 valence electrons. The lowest BCUT2D eigenvalue weighted by Crippen LogP contribution is -2.12. The quantitative estimate of drug-likeness (QED) is 0.567. The van der Waals surface area contributed by atoms with Gasteiger partial charge in [0.2, 0.25) is 0 Å².